The van der Waals surface area contributed by atoms with Gasteiger partial charge in [-0.1, -0.05) is 6.42 Å². The summed E-state index contributed by atoms with van der Waals surface area (Å²) < 4.78 is 0. The molecule has 2 aliphatic heterocycles. The lowest BCUT2D eigenvalue weighted by Gasteiger charge is -2.52. The largest absolute Gasteiger partial charge is 0.317 e. The third-order valence-electron chi connectivity index (χ3n) is 5.31. The quantitative estimate of drug-likeness (QED) is 0.826. The topological polar surface area (TPSA) is 18.5 Å². The molecule has 18 heavy (non-hydrogen) atoms. The number of nitrogens with zero attached hydrogens (tertiary/aromatic N) is 2. The van der Waals surface area contributed by atoms with Crippen LogP contribution >= 0.6 is 0 Å². The van der Waals surface area contributed by atoms with Gasteiger partial charge in [-0.2, -0.15) is 0 Å². The molecule has 2 bridgehead atoms. The summed E-state index contributed by atoms with van der Waals surface area (Å²) in [7, 11) is 6.53. The first kappa shape index (κ1) is 14.3. The molecular formula is C15H31N3. The van der Waals surface area contributed by atoms with Gasteiger partial charge in [-0.25, -0.2) is 0 Å². The third-order valence-corrected chi connectivity index (χ3v) is 5.31. The van der Waals surface area contributed by atoms with Gasteiger partial charge in [0, 0.05) is 30.2 Å². The molecule has 2 rings (SSSR count). The number of hydrogen-bond donors (Lipinski definition) is 1. The molecule has 2 fully saturated rings. The SMILES string of the molecule is CNC1CC2CCCC(C1)N2CC(C)(C)N(C)C. The highest BCUT2D eigenvalue weighted by molar-refractivity contribution is 4.97. The maximum atomic E-state index is 3.50. The maximum Gasteiger partial charge on any atom is 0.0274 e. The average molecular weight is 253 g/mol. The predicted molar refractivity (Wildman–Crippen MR) is 78.0 cm³/mol. The molecule has 0 aromatic carbocycles. The fraction of sp³-hybridized carbons (Fsp3) is 1.00. The predicted octanol–water partition coefficient (Wildman–Crippen LogP) is 1.93. The fourth-order valence-corrected chi connectivity index (χ4v) is 3.56. The number of likely N-dealkylation sites (N-methyl/N-ethyl adjacent to an activating group) is 1. The van der Waals surface area contributed by atoms with E-state index in [9.17, 15) is 0 Å². The Morgan fingerprint density at radius 3 is 2.17 bits per heavy atom. The molecule has 0 saturated carbocycles. The minimum Gasteiger partial charge on any atom is -0.317 e. The van der Waals surface area contributed by atoms with Crippen LogP contribution in [0.25, 0.3) is 0 Å². The molecule has 0 aromatic heterocycles. The van der Waals surface area contributed by atoms with Crippen molar-refractivity contribution in [1.82, 2.24) is 15.1 Å². The zero-order chi connectivity index (χ0) is 13.3. The highest BCUT2D eigenvalue weighted by atomic mass is 15.3. The summed E-state index contributed by atoms with van der Waals surface area (Å²) in [5.74, 6) is 0. The standard InChI is InChI=1S/C15H31N3/c1-15(2,17(4)5)11-18-13-7-6-8-14(18)10-12(9-13)16-3/h12-14,16H,6-11H2,1-5H3. The molecule has 2 atom stereocenters. The van der Waals surface area contributed by atoms with Gasteiger partial charge in [0.25, 0.3) is 0 Å². The Kier molecular flexibility index (Phi) is 4.35. The molecule has 106 valence electrons. The van der Waals surface area contributed by atoms with Crippen LogP contribution in [0.2, 0.25) is 0 Å². The highest BCUT2D eigenvalue weighted by Crippen LogP contribution is 2.35. The molecule has 0 amide bonds. The van der Waals surface area contributed by atoms with Crippen LogP contribution in [0.5, 0.6) is 0 Å². The smallest absolute Gasteiger partial charge is 0.0274 e. The molecule has 0 aliphatic carbocycles. The van der Waals surface area contributed by atoms with Gasteiger partial charge in [-0.15, -0.1) is 0 Å². The first-order chi connectivity index (χ1) is 8.44. The summed E-state index contributed by atoms with van der Waals surface area (Å²) in [4.78, 5) is 5.18. The van der Waals surface area contributed by atoms with Gasteiger partial charge < -0.3 is 10.2 Å². The molecule has 0 radical (unpaired) electrons. The molecule has 3 heteroatoms. The third kappa shape index (κ3) is 2.89. The van der Waals surface area contributed by atoms with Gasteiger partial charge in [0.2, 0.25) is 0 Å². The van der Waals surface area contributed by atoms with Gasteiger partial charge in [-0.05, 0) is 60.7 Å². The van der Waals surface area contributed by atoms with Crippen LogP contribution in [-0.2, 0) is 0 Å². The fourth-order valence-electron chi connectivity index (χ4n) is 3.56. The molecule has 1 N–H and O–H groups in total. The second-order valence-corrected chi connectivity index (χ2v) is 7.07. The van der Waals surface area contributed by atoms with Crippen LogP contribution in [0, 0.1) is 0 Å². The second-order valence-electron chi connectivity index (χ2n) is 7.07. The van der Waals surface area contributed by atoms with E-state index in [0.717, 1.165) is 18.1 Å². The van der Waals surface area contributed by atoms with Crippen LogP contribution in [0.15, 0.2) is 0 Å². The molecule has 0 spiro atoms. The number of rotatable bonds is 4. The van der Waals surface area contributed by atoms with E-state index < -0.39 is 0 Å². The molecular weight excluding hydrogens is 222 g/mol. The minimum atomic E-state index is 0.278. The van der Waals surface area contributed by atoms with Gasteiger partial charge in [0.1, 0.15) is 0 Å². The van der Waals surface area contributed by atoms with Crippen LogP contribution in [-0.4, -0.2) is 61.2 Å². The molecule has 2 heterocycles. The maximum absolute atomic E-state index is 3.50. The summed E-state index contributed by atoms with van der Waals surface area (Å²) in [6, 6.07) is 2.38. The Labute approximate surface area is 113 Å². The van der Waals surface area contributed by atoms with Gasteiger partial charge in [-0.3, -0.25) is 4.90 Å². The van der Waals surface area contributed by atoms with Crippen molar-refractivity contribution in [2.24, 2.45) is 0 Å². The Morgan fingerprint density at radius 1 is 1.17 bits per heavy atom. The summed E-state index contributed by atoms with van der Waals surface area (Å²) >= 11 is 0. The lowest BCUT2D eigenvalue weighted by Crippen LogP contribution is -2.60. The zero-order valence-corrected chi connectivity index (χ0v) is 12.9. The summed E-state index contributed by atoms with van der Waals surface area (Å²) in [6.07, 6.45) is 6.92. The Morgan fingerprint density at radius 2 is 1.72 bits per heavy atom. The van der Waals surface area contributed by atoms with E-state index in [1.807, 2.05) is 0 Å². The zero-order valence-electron chi connectivity index (χ0n) is 12.9. The van der Waals surface area contributed by atoms with Crippen molar-refractivity contribution in [3.05, 3.63) is 0 Å². The van der Waals surface area contributed by atoms with Crippen molar-refractivity contribution in [2.45, 2.75) is 69.6 Å². The lowest BCUT2D eigenvalue weighted by atomic mass is 9.80. The van der Waals surface area contributed by atoms with Crippen LogP contribution < -0.4 is 5.32 Å². The highest BCUT2D eigenvalue weighted by Gasteiger charge is 2.40. The van der Waals surface area contributed by atoms with Crippen molar-refractivity contribution >= 4 is 0 Å². The number of piperidine rings is 2. The van der Waals surface area contributed by atoms with Crippen LogP contribution in [0.4, 0.5) is 0 Å². The molecule has 2 saturated heterocycles. The molecule has 2 unspecified atom stereocenters. The summed E-state index contributed by atoms with van der Waals surface area (Å²) in [6.45, 7) is 5.95. The molecule has 3 nitrogen and oxygen atoms in total. The van der Waals surface area contributed by atoms with Crippen molar-refractivity contribution in [2.75, 3.05) is 27.7 Å². The van der Waals surface area contributed by atoms with Crippen molar-refractivity contribution in [1.29, 1.82) is 0 Å². The monoisotopic (exact) mass is 253 g/mol. The van der Waals surface area contributed by atoms with Crippen LogP contribution in [0.1, 0.15) is 46.0 Å². The van der Waals surface area contributed by atoms with Crippen molar-refractivity contribution in [3.63, 3.8) is 0 Å². The van der Waals surface area contributed by atoms with E-state index in [4.69, 9.17) is 0 Å². The van der Waals surface area contributed by atoms with Crippen molar-refractivity contribution < 1.29 is 0 Å². The first-order valence-corrected chi connectivity index (χ1v) is 7.54. The Bertz CT molecular complexity index is 261. The Balaban J connectivity index is 2.04. The van der Waals surface area contributed by atoms with Gasteiger partial charge in [0.05, 0.1) is 0 Å². The number of fused-ring (bicyclic) bond motifs is 2. The minimum absolute atomic E-state index is 0.278. The second kappa shape index (κ2) is 5.48. The van der Waals surface area contributed by atoms with Crippen molar-refractivity contribution in [3.8, 4) is 0 Å². The lowest BCUT2D eigenvalue weighted by molar-refractivity contribution is -0.0101. The Hall–Kier alpha value is -0.120. The molecule has 2 aliphatic rings. The van der Waals surface area contributed by atoms with Gasteiger partial charge >= 0.3 is 0 Å². The molecule has 0 aromatic rings. The van der Waals surface area contributed by atoms with E-state index in [-0.39, 0.29) is 5.54 Å². The van der Waals surface area contributed by atoms with Crippen LogP contribution in [0.3, 0.4) is 0 Å². The number of hydrogen-bond acceptors (Lipinski definition) is 3. The number of nitrogens with one attached hydrogen (secondary N) is 1. The first-order valence-electron chi connectivity index (χ1n) is 7.54. The van der Waals surface area contributed by atoms with E-state index in [1.165, 1.54) is 38.6 Å². The van der Waals surface area contributed by atoms with E-state index in [2.05, 4.69) is 50.1 Å². The van der Waals surface area contributed by atoms with E-state index >= 15 is 0 Å². The van der Waals surface area contributed by atoms with Gasteiger partial charge in [0.15, 0.2) is 0 Å². The summed E-state index contributed by atoms with van der Waals surface area (Å²) in [5, 5.41) is 3.50. The van der Waals surface area contributed by atoms with E-state index in [1.54, 1.807) is 0 Å². The normalized spacial score (nSPS) is 34.0. The average Bonchev–Trinajstić information content (AvgIpc) is 2.27. The summed E-state index contributed by atoms with van der Waals surface area (Å²) in [5.41, 5.74) is 0.278. The van der Waals surface area contributed by atoms with E-state index in [0.29, 0.717) is 0 Å².